The van der Waals surface area contributed by atoms with Crippen molar-refractivity contribution in [1.82, 2.24) is 10.6 Å². The van der Waals surface area contributed by atoms with Crippen LogP contribution in [-0.2, 0) is 11.3 Å². The Labute approximate surface area is 109 Å². The van der Waals surface area contributed by atoms with E-state index in [2.05, 4.69) is 26.6 Å². The summed E-state index contributed by atoms with van der Waals surface area (Å²) in [7, 11) is 1.79. The lowest BCUT2D eigenvalue weighted by molar-refractivity contribution is -0.124. The van der Waals surface area contributed by atoms with Crippen LogP contribution in [-0.4, -0.2) is 19.5 Å². The summed E-state index contributed by atoms with van der Waals surface area (Å²) in [6, 6.07) is 4.67. The largest absolute Gasteiger partial charge is 0.352 e. The Balaban J connectivity index is 2.55. The first kappa shape index (κ1) is 14.1. The van der Waals surface area contributed by atoms with Gasteiger partial charge in [-0.05, 0) is 25.2 Å². The van der Waals surface area contributed by atoms with Crippen molar-refractivity contribution < 1.29 is 9.18 Å². The number of amides is 1. The molecule has 0 aliphatic rings. The van der Waals surface area contributed by atoms with Crippen LogP contribution in [0.25, 0.3) is 0 Å². The van der Waals surface area contributed by atoms with Crippen molar-refractivity contribution in [3.8, 4) is 0 Å². The highest BCUT2D eigenvalue weighted by atomic mass is 79.9. The van der Waals surface area contributed by atoms with Gasteiger partial charge in [0, 0.05) is 29.0 Å². The fourth-order valence-corrected chi connectivity index (χ4v) is 1.84. The Bertz CT molecular complexity index is 398. The van der Waals surface area contributed by atoms with Crippen molar-refractivity contribution in [3.63, 3.8) is 0 Å². The molecule has 3 nitrogen and oxygen atoms in total. The second-order valence-corrected chi connectivity index (χ2v) is 4.83. The van der Waals surface area contributed by atoms with Gasteiger partial charge in [0.1, 0.15) is 5.82 Å². The highest BCUT2D eigenvalue weighted by molar-refractivity contribution is 9.10. The Hall–Kier alpha value is -0.940. The summed E-state index contributed by atoms with van der Waals surface area (Å²) in [5.74, 6) is -0.524. The van der Waals surface area contributed by atoms with Gasteiger partial charge in [-0.3, -0.25) is 4.79 Å². The molecule has 94 valence electrons. The van der Waals surface area contributed by atoms with Crippen LogP contribution >= 0.6 is 15.9 Å². The van der Waals surface area contributed by atoms with Crippen molar-refractivity contribution in [2.45, 2.75) is 13.5 Å². The number of nitrogens with one attached hydrogen (secondary N) is 2. The second-order valence-electron chi connectivity index (χ2n) is 3.91. The van der Waals surface area contributed by atoms with Crippen LogP contribution in [0.3, 0.4) is 0 Å². The number of carbonyl (C=O) groups is 1. The molecule has 0 aromatic heterocycles. The predicted molar refractivity (Wildman–Crippen MR) is 69.0 cm³/mol. The summed E-state index contributed by atoms with van der Waals surface area (Å²) < 4.78 is 14.2. The quantitative estimate of drug-likeness (QED) is 0.874. The molecule has 5 heteroatoms. The third-order valence-electron chi connectivity index (χ3n) is 2.42. The van der Waals surface area contributed by atoms with Gasteiger partial charge < -0.3 is 10.6 Å². The monoisotopic (exact) mass is 302 g/mol. The Morgan fingerprint density at radius 3 is 2.88 bits per heavy atom. The topological polar surface area (TPSA) is 41.1 Å². The van der Waals surface area contributed by atoms with E-state index >= 15 is 0 Å². The van der Waals surface area contributed by atoms with E-state index in [-0.39, 0.29) is 24.2 Å². The molecular weight excluding hydrogens is 287 g/mol. The van der Waals surface area contributed by atoms with Crippen LogP contribution in [0.1, 0.15) is 12.5 Å². The summed E-state index contributed by atoms with van der Waals surface area (Å²) in [6.45, 7) is 2.63. The number of hydrogen-bond donors (Lipinski definition) is 2. The Morgan fingerprint density at radius 2 is 2.24 bits per heavy atom. The molecule has 0 aliphatic heterocycles. The Kier molecular flexibility index (Phi) is 5.58. The zero-order valence-corrected chi connectivity index (χ0v) is 11.5. The second kappa shape index (κ2) is 6.71. The fraction of sp³-hybridized carbons (Fsp3) is 0.417. The summed E-state index contributed by atoms with van der Waals surface area (Å²) in [6.07, 6.45) is 0. The van der Waals surface area contributed by atoms with Crippen molar-refractivity contribution >= 4 is 21.8 Å². The van der Waals surface area contributed by atoms with Crippen molar-refractivity contribution in [3.05, 3.63) is 34.1 Å². The zero-order chi connectivity index (χ0) is 12.8. The van der Waals surface area contributed by atoms with E-state index in [1.807, 2.05) is 6.92 Å². The summed E-state index contributed by atoms with van der Waals surface area (Å²) in [5, 5.41) is 5.64. The molecule has 1 aromatic rings. The molecular formula is C12H16BrFN2O. The summed E-state index contributed by atoms with van der Waals surface area (Å²) >= 11 is 3.27. The van der Waals surface area contributed by atoms with Crippen LogP contribution in [0.4, 0.5) is 4.39 Å². The van der Waals surface area contributed by atoms with Crippen molar-refractivity contribution in [1.29, 1.82) is 0 Å². The van der Waals surface area contributed by atoms with Crippen LogP contribution in [0.2, 0.25) is 0 Å². The molecule has 1 amide bonds. The van der Waals surface area contributed by atoms with Gasteiger partial charge in [0.2, 0.25) is 5.91 Å². The minimum Gasteiger partial charge on any atom is -0.352 e. The number of benzene rings is 1. The van der Waals surface area contributed by atoms with Gasteiger partial charge in [-0.25, -0.2) is 4.39 Å². The van der Waals surface area contributed by atoms with E-state index in [4.69, 9.17) is 0 Å². The van der Waals surface area contributed by atoms with Gasteiger partial charge in [-0.15, -0.1) is 0 Å². The molecule has 1 atom stereocenters. The molecule has 0 saturated carbocycles. The highest BCUT2D eigenvalue weighted by Gasteiger charge is 2.12. The van der Waals surface area contributed by atoms with Crippen LogP contribution in [0.15, 0.2) is 22.7 Å². The van der Waals surface area contributed by atoms with Gasteiger partial charge in [0.25, 0.3) is 0 Å². The number of carbonyl (C=O) groups excluding carboxylic acids is 1. The van der Waals surface area contributed by atoms with E-state index in [1.165, 1.54) is 6.07 Å². The predicted octanol–water partition coefficient (Wildman–Crippen LogP) is 2.06. The van der Waals surface area contributed by atoms with Crippen LogP contribution < -0.4 is 10.6 Å². The molecule has 1 unspecified atom stereocenters. The maximum atomic E-state index is 13.4. The minimum absolute atomic E-state index is 0.0845. The van der Waals surface area contributed by atoms with E-state index in [1.54, 1.807) is 19.2 Å². The van der Waals surface area contributed by atoms with E-state index < -0.39 is 0 Å². The van der Waals surface area contributed by atoms with Crippen LogP contribution in [0, 0.1) is 11.7 Å². The highest BCUT2D eigenvalue weighted by Crippen LogP contribution is 2.15. The lowest BCUT2D eigenvalue weighted by atomic mass is 10.1. The third-order valence-corrected chi connectivity index (χ3v) is 2.91. The molecule has 0 heterocycles. The first-order valence-corrected chi connectivity index (χ1v) is 6.20. The zero-order valence-electron chi connectivity index (χ0n) is 9.89. The number of rotatable bonds is 5. The lowest BCUT2D eigenvalue weighted by Gasteiger charge is -2.12. The number of hydrogen-bond acceptors (Lipinski definition) is 2. The molecule has 0 radical (unpaired) electrons. The van der Waals surface area contributed by atoms with Gasteiger partial charge >= 0.3 is 0 Å². The SMILES string of the molecule is CNCC(C)C(=O)NCc1cc(Br)ccc1F. The van der Waals surface area contributed by atoms with Gasteiger partial charge in [0.15, 0.2) is 0 Å². The molecule has 0 aliphatic carbocycles. The smallest absolute Gasteiger partial charge is 0.224 e. The van der Waals surface area contributed by atoms with Gasteiger partial charge in [-0.2, -0.15) is 0 Å². The van der Waals surface area contributed by atoms with Crippen LogP contribution in [0.5, 0.6) is 0 Å². The van der Waals surface area contributed by atoms with E-state index in [0.29, 0.717) is 12.1 Å². The lowest BCUT2D eigenvalue weighted by Crippen LogP contribution is -2.34. The molecule has 0 fully saturated rings. The minimum atomic E-state index is -0.310. The molecule has 0 saturated heterocycles. The third kappa shape index (κ3) is 4.44. The van der Waals surface area contributed by atoms with Crippen molar-refractivity contribution in [2.24, 2.45) is 5.92 Å². The fourth-order valence-electron chi connectivity index (χ4n) is 1.43. The van der Waals surface area contributed by atoms with Gasteiger partial charge in [-0.1, -0.05) is 22.9 Å². The molecule has 1 rings (SSSR count). The summed E-state index contributed by atoms with van der Waals surface area (Å²) in [4.78, 5) is 11.6. The Morgan fingerprint density at radius 1 is 1.53 bits per heavy atom. The maximum absolute atomic E-state index is 13.4. The molecule has 0 spiro atoms. The molecule has 0 bridgehead atoms. The molecule has 2 N–H and O–H groups in total. The van der Waals surface area contributed by atoms with E-state index in [0.717, 1.165) is 4.47 Å². The average Bonchev–Trinajstić information content (AvgIpc) is 2.30. The first-order valence-electron chi connectivity index (χ1n) is 5.41. The van der Waals surface area contributed by atoms with Crippen molar-refractivity contribution in [2.75, 3.05) is 13.6 Å². The standard InChI is InChI=1S/C12H16BrFN2O/c1-8(6-15-2)12(17)16-7-9-5-10(13)3-4-11(9)14/h3-5,8,15H,6-7H2,1-2H3,(H,16,17). The normalized spacial score (nSPS) is 12.2. The number of halogens is 2. The van der Waals surface area contributed by atoms with E-state index in [9.17, 15) is 9.18 Å². The summed E-state index contributed by atoms with van der Waals surface area (Å²) in [5.41, 5.74) is 0.476. The first-order chi connectivity index (χ1) is 8.04. The average molecular weight is 303 g/mol. The maximum Gasteiger partial charge on any atom is 0.224 e. The molecule has 1 aromatic carbocycles. The molecule has 17 heavy (non-hydrogen) atoms. The van der Waals surface area contributed by atoms with Gasteiger partial charge in [0.05, 0.1) is 0 Å².